The molecule has 0 spiro atoms. The molecule has 0 atom stereocenters. The van der Waals surface area contributed by atoms with E-state index < -0.39 is 5.97 Å². The van der Waals surface area contributed by atoms with Gasteiger partial charge in [0.05, 0.1) is 78.2 Å². The van der Waals surface area contributed by atoms with Crippen molar-refractivity contribution in [1.82, 2.24) is 0 Å². The maximum atomic E-state index is 12.1. The first-order chi connectivity index (χ1) is 15.2. The predicted octanol–water partition coefficient (Wildman–Crippen LogP) is 0.672. The molecule has 178 valence electrons. The Kier molecular flexibility index (Phi) is 16.4. The van der Waals surface area contributed by atoms with Crippen LogP contribution in [-0.4, -0.2) is 102 Å². The molecule has 0 fully saturated rings. The minimum Gasteiger partial charge on any atom is -0.491 e. The Morgan fingerprint density at radius 1 is 0.677 bits per heavy atom. The van der Waals surface area contributed by atoms with Gasteiger partial charge in [0.2, 0.25) is 0 Å². The van der Waals surface area contributed by atoms with Crippen LogP contribution in [0.3, 0.4) is 0 Å². The third kappa shape index (κ3) is 13.9. The van der Waals surface area contributed by atoms with Gasteiger partial charge >= 0.3 is 5.97 Å². The summed E-state index contributed by atoms with van der Waals surface area (Å²) in [5.74, 6) is 0.449. The lowest BCUT2D eigenvalue weighted by Gasteiger charge is -2.13. The summed E-state index contributed by atoms with van der Waals surface area (Å²) in [7, 11) is 0. The monoisotopic (exact) mass is 446 g/mol. The second kappa shape index (κ2) is 18.8. The summed E-state index contributed by atoms with van der Waals surface area (Å²) in [5, 5.41) is 17.2. The minimum absolute atomic E-state index is 0.0184. The molecule has 0 saturated carbocycles. The van der Waals surface area contributed by atoms with E-state index in [9.17, 15) is 4.79 Å². The van der Waals surface area contributed by atoms with Crippen molar-refractivity contribution in [3.63, 3.8) is 0 Å². The van der Waals surface area contributed by atoms with Crippen LogP contribution >= 0.6 is 0 Å². The van der Waals surface area contributed by atoms with E-state index >= 15 is 0 Å². The standard InChI is InChI=1S/C21H34O10/c1-2-29-21(24)18-15-19(30-13-11-27-9-7-25-5-3-22)17-20(16-18)31-14-12-28-10-8-26-6-4-23/h15-17,22-23H,2-14H2,1H3. The van der Waals surface area contributed by atoms with Crippen LogP contribution < -0.4 is 9.47 Å². The van der Waals surface area contributed by atoms with Crippen LogP contribution in [0.1, 0.15) is 17.3 Å². The molecule has 0 unspecified atom stereocenters. The molecule has 0 aliphatic carbocycles. The normalized spacial score (nSPS) is 10.8. The third-order valence-electron chi connectivity index (χ3n) is 3.60. The van der Waals surface area contributed by atoms with Crippen molar-refractivity contribution in [2.24, 2.45) is 0 Å². The molecule has 1 aromatic carbocycles. The predicted molar refractivity (Wildman–Crippen MR) is 111 cm³/mol. The number of ether oxygens (including phenoxy) is 7. The van der Waals surface area contributed by atoms with E-state index in [0.29, 0.717) is 56.7 Å². The van der Waals surface area contributed by atoms with E-state index in [4.69, 9.17) is 43.4 Å². The molecule has 10 heteroatoms. The summed E-state index contributed by atoms with van der Waals surface area (Å²) in [6.45, 7) is 5.35. The van der Waals surface area contributed by atoms with Crippen molar-refractivity contribution < 1.29 is 48.2 Å². The van der Waals surface area contributed by atoms with Gasteiger partial charge in [0, 0.05) is 6.07 Å². The summed E-state index contributed by atoms with van der Waals surface area (Å²) >= 11 is 0. The Bertz CT molecular complexity index is 543. The number of carbonyl (C=O) groups is 1. The van der Waals surface area contributed by atoms with Crippen molar-refractivity contribution in [2.45, 2.75) is 6.92 Å². The summed E-state index contributed by atoms with van der Waals surface area (Å²) in [5.41, 5.74) is 0.325. The molecule has 1 rings (SSSR count). The number of benzene rings is 1. The summed E-state index contributed by atoms with van der Waals surface area (Å²) in [6.07, 6.45) is 0. The number of hydrogen-bond donors (Lipinski definition) is 2. The number of aliphatic hydroxyl groups excluding tert-OH is 2. The van der Waals surface area contributed by atoms with Gasteiger partial charge < -0.3 is 43.4 Å². The fourth-order valence-electron chi connectivity index (χ4n) is 2.28. The van der Waals surface area contributed by atoms with Crippen LogP contribution in [0, 0.1) is 0 Å². The lowest BCUT2D eigenvalue weighted by atomic mass is 10.2. The Labute approximate surface area is 182 Å². The quantitative estimate of drug-likeness (QED) is 0.218. The number of carbonyl (C=O) groups excluding carboxylic acids is 1. The summed E-state index contributed by atoms with van der Waals surface area (Å²) in [6, 6.07) is 4.85. The molecule has 0 amide bonds. The van der Waals surface area contributed by atoms with E-state index in [0.717, 1.165) is 0 Å². The zero-order valence-corrected chi connectivity index (χ0v) is 18.1. The topological polar surface area (TPSA) is 122 Å². The first kappa shape index (κ1) is 27.1. The average Bonchev–Trinajstić information content (AvgIpc) is 2.77. The largest absolute Gasteiger partial charge is 0.491 e. The Morgan fingerprint density at radius 2 is 1.10 bits per heavy atom. The second-order valence-corrected chi connectivity index (χ2v) is 6.01. The van der Waals surface area contributed by atoms with Crippen molar-refractivity contribution >= 4 is 5.97 Å². The van der Waals surface area contributed by atoms with Gasteiger partial charge in [-0.1, -0.05) is 0 Å². The molecule has 0 bridgehead atoms. The molecule has 0 aliphatic heterocycles. The first-order valence-corrected chi connectivity index (χ1v) is 10.3. The van der Waals surface area contributed by atoms with E-state index in [1.54, 1.807) is 25.1 Å². The molecule has 0 radical (unpaired) electrons. The number of rotatable bonds is 20. The highest BCUT2D eigenvalue weighted by Crippen LogP contribution is 2.24. The zero-order chi connectivity index (χ0) is 22.6. The lowest BCUT2D eigenvalue weighted by Crippen LogP contribution is -2.13. The van der Waals surface area contributed by atoms with Crippen LogP contribution in [0.15, 0.2) is 18.2 Å². The molecule has 2 N–H and O–H groups in total. The number of esters is 1. The minimum atomic E-state index is -0.465. The average molecular weight is 446 g/mol. The second-order valence-electron chi connectivity index (χ2n) is 6.01. The maximum absolute atomic E-state index is 12.1. The van der Waals surface area contributed by atoms with E-state index in [-0.39, 0.29) is 46.2 Å². The molecule has 0 heterocycles. The third-order valence-corrected chi connectivity index (χ3v) is 3.60. The van der Waals surface area contributed by atoms with Crippen LogP contribution in [-0.2, 0) is 23.7 Å². The zero-order valence-electron chi connectivity index (χ0n) is 18.1. The summed E-state index contributed by atoms with van der Waals surface area (Å²) < 4.78 is 37.3. The maximum Gasteiger partial charge on any atom is 0.338 e. The molecule has 31 heavy (non-hydrogen) atoms. The highest BCUT2D eigenvalue weighted by atomic mass is 16.6. The van der Waals surface area contributed by atoms with Gasteiger partial charge in [0.25, 0.3) is 0 Å². The fraction of sp³-hybridized carbons (Fsp3) is 0.667. The highest BCUT2D eigenvalue weighted by Gasteiger charge is 2.11. The van der Waals surface area contributed by atoms with Crippen molar-refractivity contribution in [3.8, 4) is 11.5 Å². The van der Waals surface area contributed by atoms with Crippen LogP contribution in [0.4, 0.5) is 0 Å². The van der Waals surface area contributed by atoms with Gasteiger partial charge in [-0.2, -0.15) is 0 Å². The van der Waals surface area contributed by atoms with Crippen molar-refractivity contribution in [3.05, 3.63) is 23.8 Å². The fourth-order valence-corrected chi connectivity index (χ4v) is 2.28. The molecular weight excluding hydrogens is 412 g/mol. The van der Waals surface area contributed by atoms with Gasteiger partial charge in [-0.3, -0.25) is 0 Å². The SMILES string of the molecule is CCOC(=O)c1cc(OCCOCCOCCO)cc(OCCOCCOCCO)c1. The smallest absolute Gasteiger partial charge is 0.338 e. The first-order valence-electron chi connectivity index (χ1n) is 10.3. The van der Waals surface area contributed by atoms with Gasteiger partial charge in [0.1, 0.15) is 24.7 Å². The Balaban J connectivity index is 2.44. The van der Waals surface area contributed by atoms with E-state index in [2.05, 4.69) is 0 Å². The molecule has 0 aliphatic rings. The summed E-state index contributed by atoms with van der Waals surface area (Å²) in [4.78, 5) is 12.1. The van der Waals surface area contributed by atoms with Gasteiger partial charge in [-0.25, -0.2) is 4.79 Å². The van der Waals surface area contributed by atoms with Gasteiger partial charge in [-0.05, 0) is 19.1 Å². The number of hydrogen-bond acceptors (Lipinski definition) is 10. The van der Waals surface area contributed by atoms with Crippen LogP contribution in [0.25, 0.3) is 0 Å². The molecule has 0 saturated heterocycles. The lowest BCUT2D eigenvalue weighted by molar-refractivity contribution is 0.0240. The molecule has 1 aromatic rings. The van der Waals surface area contributed by atoms with Gasteiger partial charge in [-0.15, -0.1) is 0 Å². The van der Waals surface area contributed by atoms with Gasteiger partial charge in [0.15, 0.2) is 0 Å². The van der Waals surface area contributed by atoms with Crippen LogP contribution in [0.5, 0.6) is 11.5 Å². The molecule has 10 nitrogen and oxygen atoms in total. The van der Waals surface area contributed by atoms with Crippen molar-refractivity contribution in [1.29, 1.82) is 0 Å². The Morgan fingerprint density at radius 3 is 1.52 bits per heavy atom. The Hall–Kier alpha value is -1.95. The van der Waals surface area contributed by atoms with E-state index in [1.165, 1.54) is 0 Å². The highest BCUT2D eigenvalue weighted by molar-refractivity contribution is 5.90. The molecular formula is C21H34O10. The van der Waals surface area contributed by atoms with Crippen LogP contribution in [0.2, 0.25) is 0 Å². The van der Waals surface area contributed by atoms with E-state index in [1.807, 2.05) is 0 Å². The molecule has 0 aromatic heterocycles. The van der Waals surface area contributed by atoms with Crippen molar-refractivity contribution in [2.75, 3.05) is 85.9 Å². The number of aliphatic hydroxyl groups is 2.